The topological polar surface area (TPSA) is 104 Å². The van der Waals surface area contributed by atoms with E-state index < -0.39 is 46.8 Å². The minimum atomic E-state index is -1.49. The second-order valence-corrected chi connectivity index (χ2v) is 14.5. The maximum Gasteiger partial charge on any atom is 0.246 e. The molecule has 248 valence electrons. The van der Waals surface area contributed by atoms with Gasteiger partial charge in [-0.25, -0.2) is 4.90 Å². The molecule has 2 saturated heterocycles. The van der Waals surface area contributed by atoms with E-state index in [1.54, 1.807) is 42.5 Å². The number of hydrogen-bond donors (Lipinski definition) is 1. The number of thiophene rings is 1. The summed E-state index contributed by atoms with van der Waals surface area (Å²) in [5, 5.41) is 14.2. The number of nitrogens with zero attached hydrogens (tertiary/aromatic N) is 2. The van der Waals surface area contributed by atoms with Crippen LogP contribution in [-0.2, 0) is 31.1 Å². The summed E-state index contributed by atoms with van der Waals surface area (Å²) < 4.78 is 5.82. The largest absolute Gasteiger partial charge is 0.504 e. The number of allylic oxidation sites excluding steroid dienone is 2. The van der Waals surface area contributed by atoms with Crippen LogP contribution in [0.3, 0.4) is 0 Å². The summed E-state index contributed by atoms with van der Waals surface area (Å²) in [5.41, 5.74) is 0.695. The van der Waals surface area contributed by atoms with Gasteiger partial charge in [0.1, 0.15) is 0 Å². The summed E-state index contributed by atoms with van der Waals surface area (Å²) in [5.74, 6) is -4.77. The molecule has 0 radical (unpaired) electrons. The number of hydrogen-bond acceptors (Lipinski definition) is 7. The number of amides is 4. The van der Waals surface area contributed by atoms with Gasteiger partial charge in [0.05, 0.1) is 42.0 Å². The molecule has 10 heteroatoms. The first-order valence-corrected chi connectivity index (χ1v) is 17.7. The molecule has 3 fully saturated rings. The lowest BCUT2D eigenvalue weighted by Gasteiger charge is -2.50. The van der Waals surface area contributed by atoms with E-state index in [0.717, 1.165) is 10.5 Å². The van der Waals surface area contributed by atoms with E-state index in [-0.39, 0.29) is 36.3 Å². The molecule has 0 spiro atoms. The van der Waals surface area contributed by atoms with Gasteiger partial charge in [-0.1, -0.05) is 77.8 Å². The number of likely N-dealkylation sites (tertiary alicyclic amines) is 1. The van der Waals surface area contributed by atoms with Crippen LogP contribution >= 0.6 is 22.9 Å². The van der Waals surface area contributed by atoms with Crippen LogP contribution in [0.5, 0.6) is 11.5 Å². The average Bonchev–Trinajstić information content (AvgIpc) is 3.77. The molecule has 6 unspecified atom stereocenters. The van der Waals surface area contributed by atoms with Crippen LogP contribution in [0.2, 0.25) is 5.02 Å². The van der Waals surface area contributed by atoms with E-state index in [0.29, 0.717) is 34.9 Å². The van der Waals surface area contributed by atoms with Gasteiger partial charge in [0.15, 0.2) is 11.5 Å². The molecule has 3 aromatic carbocycles. The van der Waals surface area contributed by atoms with Crippen molar-refractivity contribution in [2.75, 3.05) is 11.5 Å². The monoisotopic (exact) mass is 692 g/mol. The quantitative estimate of drug-likeness (QED) is 0.168. The molecule has 1 aromatic heterocycles. The molecule has 3 heterocycles. The fourth-order valence-corrected chi connectivity index (χ4v) is 9.79. The summed E-state index contributed by atoms with van der Waals surface area (Å²) in [7, 11) is 0. The van der Waals surface area contributed by atoms with Crippen molar-refractivity contribution in [3.05, 3.63) is 123 Å². The summed E-state index contributed by atoms with van der Waals surface area (Å²) in [6, 6.07) is 24.9. The molecule has 4 amide bonds. The lowest BCUT2D eigenvalue weighted by Crippen LogP contribution is -2.53. The zero-order valence-corrected chi connectivity index (χ0v) is 28.2. The zero-order chi connectivity index (χ0) is 34.0. The fourth-order valence-electron chi connectivity index (χ4n) is 8.91. The van der Waals surface area contributed by atoms with Crippen molar-refractivity contribution in [1.29, 1.82) is 0 Å². The summed E-state index contributed by atoms with van der Waals surface area (Å²) >= 11 is 7.88. The van der Waals surface area contributed by atoms with E-state index in [2.05, 4.69) is 0 Å². The number of benzene rings is 3. The number of phenols is 1. The van der Waals surface area contributed by atoms with Gasteiger partial charge in [-0.2, -0.15) is 0 Å². The second-order valence-electron chi connectivity index (χ2n) is 13.1. The van der Waals surface area contributed by atoms with Crippen molar-refractivity contribution in [3.63, 3.8) is 0 Å². The SMILES string of the molecule is CCOc1cccc(C2C3=CCC4C(=O)N(Cc5cccs5)C(=O)C4C3CC3C(=O)N(c4cccc(Cl)c4)C(=O)C32c2ccccc2)c1O. The van der Waals surface area contributed by atoms with E-state index >= 15 is 4.79 Å². The maximum absolute atomic E-state index is 15.3. The minimum absolute atomic E-state index is 0.123. The molecule has 6 atom stereocenters. The van der Waals surface area contributed by atoms with Crippen LogP contribution in [0.15, 0.2) is 102 Å². The summed E-state index contributed by atoms with van der Waals surface area (Å²) in [4.78, 5) is 61.9. The number of ether oxygens (including phenoxy) is 1. The Morgan fingerprint density at radius 2 is 1.71 bits per heavy atom. The standard InChI is InChI=1S/C39H33ClN2O6S/c1-2-48-31-15-7-14-28(34(31)43)33-26-16-17-27-32(37(46)41(35(27)44)21-25-13-8-18-49-25)29(26)20-30-36(45)42(24-12-6-11-23(40)19-24)38(47)39(30,33)22-9-4-3-5-10-22/h3-16,18-19,27,29-30,32-33,43H,2,17,20-21H2,1H3. The number of phenolic OH excluding ortho intramolecular Hbond substituents is 1. The Balaban J connectivity index is 1.36. The molecule has 1 saturated carbocycles. The van der Waals surface area contributed by atoms with E-state index in [9.17, 15) is 19.5 Å². The Morgan fingerprint density at radius 1 is 0.918 bits per heavy atom. The number of halogens is 1. The van der Waals surface area contributed by atoms with Crippen LogP contribution in [0, 0.1) is 23.7 Å². The van der Waals surface area contributed by atoms with Gasteiger partial charge < -0.3 is 9.84 Å². The summed E-state index contributed by atoms with van der Waals surface area (Å²) in [6.45, 7) is 2.32. The van der Waals surface area contributed by atoms with Crippen molar-refractivity contribution in [2.24, 2.45) is 23.7 Å². The lowest BCUT2D eigenvalue weighted by atomic mass is 9.49. The smallest absolute Gasteiger partial charge is 0.246 e. The van der Waals surface area contributed by atoms with Crippen molar-refractivity contribution in [1.82, 2.24) is 4.90 Å². The molecule has 2 aliphatic carbocycles. The molecule has 4 aliphatic rings. The van der Waals surface area contributed by atoms with Gasteiger partial charge in [-0.15, -0.1) is 11.3 Å². The second kappa shape index (κ2) is 12.0. The first-order valence-electron chi connectivity index (χ1n) is 16.5. The number of fused-ring (bicyclic) bond motifs is 4. The van der Waals surface area contributed by atoms with Gasteiger partial charge in [0.2, 0.25) is 23.6 Å². The van der Waals surface area contributed by atoms with E-state index in [4.69, 9.17) is 16.3 Å². The molecule has 49 heavy (non-hydrogen) atoms. The molecule has 8 nitrogen and oxygen atoms in total. The Kier molecular flexibility index (Phi) is 7.72. The Bertz CT molecular complexity index is 2030. The number of rotatable bonds is 7. The normalized spacial score (nSPS) is 27.6. The fraction of sp³-hybridized carbons (Fsp3) is 0.282. The highest BCUT2D eigenvalue weighted by Gasteiger charge is 2.70. The molecule has 1 N–H and O–H groups in total. The van der Waals surface area contributed by atoms with Crippen LogP contribution in [0.1, 0.15) is 41.7 Å². The van der Waals surface area contributed by atoms with Crippen molar-refractivity contribution >= 4 is 52.3 Å². The van der Waals surface area contributed by atoms with Crippen LogP contribution in [0.4, 0.5) is 5.69 Å². The Labute approximate surface area is 292 Å². The third-order valence-corrected chi connectivity index (χ3v) is 11.9. The Hall–Kier alpha value is -4.73. The van der Waals surface area contributed by atoms with Crippen LogP contribution in [-0.4, -0.2) is 40.2 Å². The first-order chi connectivity index (χ1) is 23.8. The molecular weight excluding hydrogens is 660 g/mol. The van der Waals surface area contributed by atoms with E-state index in [1.807, 2.05) is 60.8 Å². The third kappa shape index (κ3) is 4.62. The number of imide groups is 2. The number of aromatic hydroxyl groups is 1. The highest BCUT2D eigenvalue weighted by atomic mass is 35.5. The zero-order valence-electron chi connectivity index (χ0n) is 26.6. The minimum Gasteiger partial charge on any atom is -0.504 e. The summed E-state index contributed by atoms with van der Waals surface area (Å²) in [6.07, 6.45) is 2.47. The van der Waals surface area contributed by atoms with Gasteiger partial charge in [0.25, 0.3) is 0 Å². The lowest BCUT2D eigenvalue weighted by molar-refractivity contribution is -0.141. The van der Waals surface area contributed by atoms with Gasteiger partial charge in [0, 0.05) is 21.4 Å². The van der Waals surface area contributed by atoms with Gasteiger partial charge in [-0.3, -0.25) is 24.1 Å². The predicted octanol–water partition coefficient (Wildman–Crippen LogP) is 6.87. The number of para-hydroxylation sites is 1. The maximum atomic E-state index is 15.3. The average molecular weight is 693 g/mol. The van der Waals surface area contributed by atoms with Crippen molar-refractivity contribution in [2.45, 2.75) is 37.6 Å². The number of carbonyl (C=O) groups is 4. The molecule has 8 rings (SSSR count). The highest BCUT2D eigenvalue weighted by molar-refractivity contribution is 7.09. The van der Waals surface area contributed by atoms with Gasteiger partial charge in [-0.05, 0) is 67.0 Å². The number of anilines is 1. The van der Waals surface area contributed by atoms with Crippen molar-refractivity contribution in [3.8, 4) is 11.5 Å². The molecular formula is C39H33ClN2O6S. The van der Waals surface area contributed by atoms with Crippen LogP contribution in [0.25, 0.3) is 0 Å². The van der Waals surface area contributed by atoms with E-state index in [1.165, 1.54) is 21.1 Å². The first kappa shape index (κ1) is 31.5. The van der Waals surface area contributed by atoms with Crippen LogP contribution < -0.4 is 9.64 Å². The molecule has 0 bridgehead atoms. The Morgan fingerprint density at radius 3 is 2.45 bits per heavy atom. The number of carbonyl (C=O) groups excluding carboxylic acids is 4. The highest BCUT2D eigenvalue weighted by Crippen LogP contribution is 2.65. The van der Waals surface area contributed by atoms with Crippen molar-refractivity contribution < 1.29 is 29.0 Å². The third-order valence-electron chi connectivity index (χ3n) is 10.8. The van der Waals surface area contributed by atoms with Gasteiger partial charge >= 0.3 is 0 Å². The molecule has 4 aromatic rings. The predicted molar refractivity (Wildman–Crippen MR) is 185 cm³/mol. The molecule has 2 aliphatic heterocycles.